The zero-order valence-electron chi connectivity index (χ0n) is 11.9. The number of aryl methyl sites for hydroxylation is 1. The predicted molar refractivity (Wildman–Crippen MR) is 72.5 cm³/mol. The van der Waals surface area contributed by atoms with Gasteiger partial charge >= 0.3 is 0 Å². The molecule has 0 radical (unpaired) electrons. The second-order valence-electron chi connectivity index (χ2n) is 5.52. The number of amides is 1. The molecule has 0 spiro atoms. The van der Waals surface area contributed by atoms with E-state index in [1.165, 1.54) is 0 Å². The van der Waals surface area contributed by atoms with Crippen LogP contribution in [0, 0.1) is 18.8 Å². The Labute approximate surface area is 114 Å². The van der Waals surface area contributed by atoms with Crippen LogP contribution in [0.2, 0.25) is 0 Å². The van der Waals surface area contributed by atoms with Crippen LogP contribution in [0.4, 0.5) is 0 Å². The number of nitrogens with one attached hydrogen (secondary N) is 2. The van der Waals surface area contributed by atoms with Crippen molar-refractivity contribution in [3.05, 3.63) is 17.7 Å². The first-order valence-corrected chi connectivity index (χ1v) is 6.97. The highest BCUT2D eigenvalue weighted by Crippen LogP contribution is 2.26. The molecule has 1 aliphatic rings. The van der Waals surface area contributed by atoms with E-state index in [1.807, 2.05) is 6.92 Å². The van der Waals surface area contributed by atoms with Gasteiger partial charge in [0.15, 0.2) is 0 Å². The molecule has 1 aliphatic heterocycles. The van der Waals surface area contributed by atoms with Gasteiger partial charge in [0.25, 0.3) is 0 Å². The summed E-state index contributed by atoms with van der Waals surface area (Å²) in [7, 11) is 0. The lowest BCUT2D eigenvalue weighted by Gasteiger charge is -2.33. The van der Waals surface area contributed by atoms with Gasteiger partial charge in [-0.2, -0.15) is 0 Å². The number of aromatic nitrogens is 2. The van der Waals surface area contributed by atoms with Gasteiger partial charge in [0, 0.05) is 12.3 Å². The van der Waals surface area contributed by atoms with E-state index in [2.05, 4.69) is 29.1 Å². The van der Waals surface area contributed by atoms with Crippen LogP contribution in [-0.4, -0.2) is 28.6 Å². The van der Waals surface area contributed by atoms with Gasteiger partial charge in [0.2, 0.25) is 5.91 Å². The average molecular weight is 265 g/mol. The number of rotatable bonds is 4. The molecule has 19 heavy (non-hydrogen) atoms. The number of hydrogen-bond donors (Lipinski definition) is 2. The molecule has 0 aromatic carbocycles. The maximum atomic E-state index is 12.3. The summed E-state index contributed by atoms with van der Waals surface area (Å²) in [4.78, 5) is 19.5. The largest absolute Gasteiger partial charge is 0.377 e. The Morgan fingerprint density at radius 2 is 2.42 bits per heavy atom. The van der Waals surface area contributed by atoms with Crippen LogP contribution in [-0.2, 0) is 16.1 Å². The normalized spacial score (nSPS) is 23.6. The summed E-state index contributed by atoms with van der Waals surface area (Å²) in [5.41, 5.74) is 1.90. The van der Waals surface area contributed by atoms with Crippen LogP contribution in [0.1, 0.15) is 38.1 Å². The number of hydrogen-bond acceptors (Lipinski definition) is 3. The monoisotopic (exact) mass is 265 g/mol. The Morgan fingerprint density at radius 1 is 1.63 bits per heavy atom. The van der Waals surface area contributed by atoms with Crippen molar-refractivity contribution in [2.75, 3.05) is 6.61 Å². The van der Waals surface area contributed by atoms with Crippen molar-refractivity contribution in [3.8, 4) is 0 Å². The zero-order valence-corrected chi connectivity index (χ0v) is 11.9. The van der Waals surface area contributed by atoms with E-state index >= 15 is 0 Å². The predicted octanol–water partition coefficient (Wildman–Crippen LogP) is 1.79. The van der Waals surface area contributed by atoms with Gasteiger partial charge in [0.05, 0.1) is 30.6 Å². The first kappa shape index (κ1) is 14.1. The highest BCUT2D eigenvalue weighted by Gasteiger charge is 2.33. The first-order chi connectivity index (χ1) is 9.09. The quantitative estimate of drug-likeness (QED) is 0.872. The third kappa shape index (κ3) is 3.35. The molecule has 0 aliphatic carbocycles. The summed E-state index contributed by atoms with van der Waals surface area (Å²) in [6.45, 7) is 7.41. The van der Waals surface area contributed by atoms with Gasteiger partial charge in [-0.3, -0.25) is 4.79 Å². The summed E-state index contributed by atoms with van der Waals surface area (Å²) in [6.07, 6.45) is 3.56. The highest BCUT2D eigenvalue weighted by atomic mass is 16.5. The average Bonchev–Trinajstić information content (AvgIpc) is 2.81. The van der Waals surface area contributed by atoms with Crippen LogP contribution < -0.4 is 5.32 Å². The third-order valence-electron chi connectivity index (χ3n) is 3.72. The molecule has 5 nitrogen and oxygen atoms in total. The molecule has 1 aromatic rings. The van der Waals surface area contributed by atoms with Crippen LogP contribution in [0.25, 0.3) is 0 Å². The van der Waals surface area contributed by atoms with Gasteiger partial charge in [-0.1, -0.05) is 13.8 Å². The molecule has 2 rings (SSSR count). The molecule has 1 aromatic heterocycles. The summed E-state index contributed by atoms with van der Waals surface area (Å²) in [5, 5.41) is 2.98. The standard InChI is InChI=1S/C14H23N3O2/c1-9(2)13-11(5-4-6-19-13)14(18)15-7-12-10(3)16-8-17-12/h8-9,11,13H,4-7H2,1-3H3,(H,15,18)(H,16,17)/t11-,13+/m1/s1. The minimum Gasteiger partial charge on any atom is -0.377 e. The fourth-order valence-corrected chi connectivity index (χ4v) is 2.61. The van der Waals surface area contributed by atoms with E-state index in [0.29, 0.717) is 12.5 Å². The van der Waals surface area contributed by atoms with E-state index in [9.17, 15) is 4.79 Å². The summed E-state index contributed by atoms with van der Waals surface area (Å²) >= 11 is 0. The van der Waals surface area contributed by atoms with Crippen LogP contribution in [0.3, 0.4) is 0 Å². The summed E-state index contributed by atoms with van der Waals surface area (Å²) < 4.78 is 5.75. The molecular weight excluding hydrogens is 242 g/mol. The Balaban J connectivity index is 1.92. The maximum Gasteiger partial charge on any atom is 0.226 e. The Bertz CT molecular complexity index is 428. The molecule has 2 atom stereocenters. The van der Waals surface area contributed by atoms with Gasteiger partial charge in [-0.25, -0.2) is 4.98 Å². The molecule has 0 saturated carbocycles. The number of carbonyl (C=O) groups is 1. The van der Waals surface area contributed by atoms with Gasteiger partial charge in [-0.05, 0) is 25.7 Å². The van der Waals surface area contributed by atoms with E-state index in [0.717, 1.165) is 30.8 Å². The molecule has 1 fully saturated rings. The molecule has 0 bridgehead atoms. The van der Waals surface area contributed by atoms with Crippen molar-refractivity contribution in [3.63, 3.8) is 0 Å². The lowest BCUT2D eigenvalue weighted by Crippen LogP contribution is -2.43. The minimum atomic E-state index is -0.0343. The van der Waals surface area contributed by atoms with Crippen LogP contribution in [0.15, 0.2) is 6.33 Å². The molecular formula is C14H23N3O2. The van der Waals surface area contributed by atoms with Crippen molar-refractivity contribution in [1.82, 2.24) is 15.3 Å². The number of nitrogens with zero attached hydrogens (tertiary/aromatic N) is 1. The fraction of sp³-hybridized carbons (Fsp3) is 0.714. The Morgan fingerprint density at radius 3 is 3.05 bits per heavy atom. The first-order valence-electron chi connectivity index (χ1n) is 6.97. The van der Waals surface area contributed by atoms with E-state index in [-0.39, 0.29) is 17.9 Å². The topological polar surface area (TPSA) is 67.0 Å². The van der Waals surface area contributed by atoms with Crippen molar-refractivity contribution in [1.29, 1.82) is 0 Å². The summed E-state index contributed by atoms with van der Waals surface area (Å²) in [6, 6.07) is 0. The SMILES string of the molecule is Cc1[nH]cnc1CNC(=O)[C@@H]1CCCO[C@H]1C(C)C. The molecule has 0 unspecified atom stereocenters. The number of H-pyrrole nitrogens is 1. The highest BCUT2D eigenvalue weighted by molar-refractivity contribution is 5.79. The Hall–Kier alpha value is -1.36. The number of carbonyl (C=O) groups excluding carboxylic acids is 1. The smallest absolute Gasteiger partial charge is 0.226 e. The van der Waals surface area contributed by atoms with E-state index < -0.39 is 0 Å². The molecule has 1 amide bonds. The molecule has 106 valence electrons. The number of imidazole rings is 1. The van der Waals surface area contributed by atoms with Crippen molar-refractivity contribution >= 4 is 5.91 Å². The van der Waals surface area contributed by atoms with Gasteiger partial charge in [-0.15, -0.1) is 0 Å². The third-order valence-corrected chi connectivity index (χ3v) is 3.72. The lowest BCUT2D eigenvalue weighted by atomic mass is 9.87. The second kappa shape index (κ2) is 6.19. The van der Waals surface area contributed by atoms with E-state index in [1.54, 1.807) is 6.33 Å². The van der Waals surface area contributed by atoms with Crippen LogP contribution in [0.5, 0.6) is 0 Å². The lowest BCUT2D eigenvalue weighted by molar-refractivity contribution is -0.137. The van der Waals surface area contributed by atoms with Crippen molar-refractivity contribution < 1.29 is 9.53 Å². The minimum absolute atomic E-state index is 0.0343. The van der Waals surface area contributed by atoms with Crippen LogP contribution >= 0.6 is 0 Å². The summed E-state index contributed by atoms with van der Waals surface area (Å²) in [5.74, 6) is 0.414. The molecule has 1 saturated heterocycles. The van der Waals surface area contributed by atoms with Crippen molar-refractivity contribution in [2.24, 2.45) is 11.8 Å². The van der Waals surface area contributed by atoms with Gasteiger partial charge < -0.3 is 15.0 Å². The molecule has 2 heterocycles. The zero-order chi connectivity index (χ0) is 13.8. The van der Waals surface area contributed by atoms with Crippen molar-refractivity contribution in [2.45, 2.75) is 46.3 Å². The number of ether oxygens (including phenoxy) is 1. The van der Waals surface area contributed by atoms with E-state index in [4.69, 9.17) is 4.74 Å². The number of aromatic amines is 1. The Kier molecular flexibility index (Phi) is 4.58. The van der Waals surface area contributed by atoms with Gasteiger partial charge in [0.1, 0.15) is 0 Å². The second-order valence-corrected chi connectivity index (χ2v) is 5.52. The maximum absolute atomic E-state index is 12.3. The fourth-order valence-electron chi connectivity index (χ4n) is 2.61. The molecule has 5 heteroatoms. The molecule has 2 N–H and O–H groups in total.